The van der Waals surface area contributed by atoms with Crippen molar-refractivity contribution in [3.63, 3.8) is 0 Å². The zero-order chi connectivity index (χ0) is 12.5. The number of pyridine rings is 1. The quantitative estimate of drug-likeness (QED) is 0.837. The van der Waals surface area contributed by atoms with Gasteiger partial charge in [-0.15, -0.1) is 0 Å². The standard InChI is InChI=1S/C13H18N3O/c1-13(2)6-8-16(10(9-13)12(14)17)11-5-3-4-7-15-11/h3-4,7,10H,6,8-9H2,1-2H3,(H2,14,17). The molecular weight excluding hydrogens is 214 g/mol. The van der Waals surface area contributed by atoms with Crippen LogP contribution in [0.5, 0.6) is 0 Å². The van der Waals surface area contributed by atoms with Crippen LogP contribution in [0.3, 0.4) is 0 Å². The van der Waals surface area contributed by atoms with E-state index in [0.717, 1.165) is 19.4 Å². The first-order chi connectivity index (χ1) is 7.99. The summed E-state index contributed by atoms with van der Waals surface area (Å²) in [7, 11) is 0. The first kappa shape index (κ1) is 11.9. The van der Waals surface area contributed by atoms with Gasteiger partial charge in [-0.05, 0) is 30.4 Å². The van der Waals surface area contributed by atoms with Gasteiger partial charge in [0.1, 0.15) is 11.9 Å². The topological polar surface area (TPSA) is 59.2 Å². The molecule has 2 N–H and O–H groups in total. The summed E-state index contributed by atoms with van der Waals surface area (Å²) in [6, 6.07) is 6.41. The highest BCUT2D eigenvalue weighted by Crippen LogP contribution is 2.35. The highest BCUT2D eigenvalue weighted by Gasteiger charge is 2.36. The fourth-order valence-corrected chi connectivity index (χ4v) is 2.30. The van der Waals surface area contributed by atoms with Crippen molar-refractivity contribution in [2.45, 2.75) is 32.7 Å². The summed E-state index contributed by atoms with van der Waals surface area (Å²) in [5, 5.41) is 0. The van der Waals surface area contributed by atoms with Crippen LogP contribution in [-0.2, 0) is 4.79 Å². The molecule has 0 saturated carbocycles. The van der Waals surface area contributed by atoms with E-state index in [2.05, 4.69) is 24.9 Å². The summed E-state index contributed by atoms with van der Waals surface area (Å²) in [5.74, 6) is 0.434. The second-order valence-corrected chi connectivity index (χ2v) is 5.34. The van der Waals surface area contributed by atoms with Crippen LogP contribution >= 0.6 is 0 Å². The largest absolute Gasteiger partial charge is 0.368 e. The van der Waals surface area contributed by atoms with Crippen LogP contribution in [0.1, 0.15) is 26.7 Å². The zero-order valence-corrected chi connectivity index (χ0v) is 10.3. The van der Waals surface area contributed by atoms with Crippen molar-refractivity contribution in [1.82, 2.24) is 4.98 Å². The fourth-order valence-electron chi connectivity index (χ4n) is 2.30. The fraction of sp³-hybridized carbons (Fsp3) is 0.538. The van der Waals surface area contributed by atoms with Gasteiger partial charge in [0.2, 0.25) is 5.91 Å². The number of amides is 1. The number of carbonyl (C=O) groups is 1. The van der Waals surface area contributed by atoms with Gasteiger partial charge in [-0.25, -0.2) is 4.98 Å². The molecule has 2 rings (SSSR count). The van der Waals surface area contributed by atoms with Crippen LogP contribution < -0.4 is 10.6 Å². The van der Waals surface area contributed by atoms with E-state index in [9.17, 15) is 4.79 Å². The molecule has 1 aliphatic rings. The number of rotatable bonds is 2. The lowest BCUT2D eigenvalue weighted by Crippen LogP contribution is -2.52. The minimum atomic E-state index is -0.281. The lowest BCUT2D eigenvalue weighted by atomic mass is 9.78. The summed E-state index contributed by atoms with van der Waals surface area (Å²) < 4.78 is 0. The molecule has 1 amide bonds. The molecule has 1 atom stereocenters. The van der Waals surface area contributed by atoms with E-state index in [1.807, 2.05) is 11.0 Å². The Hall–Kier alpha value is -1.58. The van der Waals surface area contributed by atoms with E-state index in [1.165, 1.54) is 0 Å². The third-order valence-electron chi connectivity index (χ3n) is 3.34. The molecule has 0 aromatic carbocycles. The maximum absolute atomic E-state index is 11.6. The minimum absolute atomic E-state index is 0.158. The Morgan fingerprint density at radius 1 is 1.65 bits per heavy atom. The van der Waals surface area contributed by atoms with Gasteiger partial charge in [0.25, 0.3) is 0 Å². The van der Waals surface area contributed by atoms with Crippen LogP contribution in [0, 0.1) is 11.5 Å². The number of nitrogens with zero attached hydrogens (tertiary/aromatic N) is 2. The first-order valence-electron chi connectivity index (χ1n) is 5.88. The number of carbonyl (C=O) groups excluding carboxylic acids is 1. The monoisotopic (exact) mass is 232 g/mol. The summed E-state index contributed by atoms with van der Waals surface area (Å²) >= 11 is 0. The average Bonchev–Trinajstić information content (AvgIpc) is 2.29. The number of anilines is 1. The van der Waals surface area contributed by atoms with Crippen molar-refractivity contribution in [1.29, 1.82) is 0 Å². The molecule has 17 heavy (non-hydrogen) atoms. The number of aromatic nitrogens is 1. The Morgan fingerprint density at radius 3 is 3.00 bits per heavy atom. The summed E-state index contributed by atoms with van der Waals surface area (Å²) in [5.41, 5.74) is 5.65. The number of primary amides is 1. The van der Waals surface area contributed by atoms with Gasteiger partial charge in [-0.2, -0.15) is 0 Å². The van der Waals surface area contributed by atoms with Crippen LogP contribution in [0.25, 0.3) is 0 Å². The zero-order valence-electron chi connectivity index (χ0n) is 10.3. The Labute approximate surface area is 102 Å². The lowest BCUT2D eigenvalue weighted by Gasteiger charge is -2.42. The third kappa shape index (κ3) is 2.57. The van der Waals surface area contributed by atoms with Crippen LogP contribution in [0.4, 0.5) is 5.82 Å². The van der Waals surface area contributed by atoms with Crippen LogP contribution in [0.15, 0.2) is 18.3 Å². The van der Waals surface area contributed by atoms with Gasteiger partial charge in [0, 0.05) is 18.8 Å². The smallest absolute Gasteiger partial charge is 0.240 e. The van der Waals surface area contributed by atoms with Crippen LogP contribution in [0.2, 0.25) is 0 Å². The van der Waals surface area contributed by atoms with Gasteiger partial charge in [-0.1, -0.05) is 13.8 Å². The van der Waals surface area contributed by atoms with Crippen molar-refractivity contribution in [2.75, 3.05) is 11.4 Å². The van der Waals surface area contributed by atoms with Gasteiger partial charge < -0.3 is 10.6 Å². The number of nitrogens with two attached hydrogens (primary N) is 1. The van der Waals surface area contributed by atoms with Crippen molar-refractivity contribution in [2.24, 2.45) is 11.1 Å². The molecule has 0 aliphatic carbocycles. The van der Waals surface area contributed by atoms with E-state index in [-0.39, 0.29) is 17.4 Å². The summed E-state index contributed by atoms with van der Waals surface area (Å²) in [4.78, 5) is 17.8. The highest BCUT2D eigenvalue weighted by molar-refractivity contribution is 5.83. The summed E-state index contributed by atoms with van der Waals surface area (Å²) in [6.45, 7) is 5.14. The Kier molecular flexibility index (Phi) is 3.05. The molecule has 4 nitrogen and oxygen atoms in total. The average molecular weight is 232 g/mol. The lowest BCUT2D eigenvalue weighted by molar-refractivity contribution is -0.120. The van der Waals surface area contributed by atoms with E-state index in [4.69, 9.17) is 5.73 Å². The minimum Gasteiger partial charge on any atom is -0.368 e. The molecule has 1 aromatic heterocycles. The Balaban J connectivity index is 2.25. The second kappa shape index (κ2) is 4.35. The predicted molar refractivity (Wildman–Crippen MR) is 66.4 cm³/mol. The molecule has 1 unspecified atom stereocenters. The molecule has 1 aromatic rings. The molecule has 91 valence electrons. The third-order valence-corrected chi connectivity index (χ3v) is 3.34. The number of hydrogen-bond acceptors (Lipinski definition) is 3. The molecule has 0 spiro atoms. The Morgan fingerprint density at radius 2 is 2.41 bits per heavy atom. The predicted octanol–water partition coefficient (Wildman–Crippen LogP) is 1.36. The molecule has 1 radical (unpaired) electrons. The molecule has 2 heterocycles. The van der Waals surface area contributed by atoms with Crippen molar-refractivity contribution in [3.8, 4) is 0 Å². The van der Waals surface area contributed by atoms with Crippen molar-refractivity contribution >= 4 is 11.7 Å². The van der Waals surface area contributed by atoms with Gasteiger partial charge in [0.05, 0.1) is 0 Å². The normalized spacial score (nSPS) is 23.4. The maximum Gasteiger partial charge on any atom is 0.240 e. The van der Waals surface area contributed by atoms with Gasteiger partial charge >= 0.3 is 0 Å². The van der Waals surface area contributed by atoms with E-state index in [1.54, 1.807) is 12.3 Å². The molecule has 1 fully saturated rings. The molecular formula is C13H18N3O. The second-order valence-electron chi connectivity index (χ2n) is 5.34. The SMILES string of the molecule is CC1(C)CCN(c2[c]cccn2)C(C(N)=O)C1. The molecule has 1 aliphatic heterocycles. The highest BCUT2D eigenvalue weighted by atomic mass is 16.1. The Bertz CT molecular complexity index is 402. The van der Waals surface area contributed by atoms with E-state index >= 15 is 0 Å². The first-order valence-corrected chi connectivity index (χ1v) is 5.88. The van der Waals surface area contributed by atoms with Gasteiger partial charge in [-0.3, -0.25) is 4.79 Å². The molecule has 1 saturated heterocycles. The van der Waals surface area contributed by atoms with Crippen LogP contribution in [-0.4, -0.2) is 23.5 Å². The van der Waals surface area contributed by atoms with Crippen molar-refractivity contribution < 1.29 is 4.79 Å². The molecule has 0 bridgehead atoms. The molecule has 4 heteroatoms. The van der Waals surface area contributed by atoms with Crippen molar-refractivity contribution in [3.05, 3.63) is 24.4 Å². The van der Waals surface area contributed by atoms with Gasteiger partial charge in [0.15, 0.2) is 0 Å². The number of piperidine rings is 1. The summed E-state index contributed by atoms with van der Waals surface area (Å²) in [6.07, 6.45) is 3.51. The maximum atomic E-state index is 11.6. The van der Waals surface area contributed by atoms with E-state index in [0.29, 0.717) is 5.82 Å². The number of hydrogen-bond donors (Lipinski definition) is 1. The van der Waals surface area contributed by atoms with E-state index < -0.39 is 0 Å².